The topological polar surface area (TPSA) is 21.8 Å². The Kier molecular flexibility index (Phi) is 2.60. The lowest BCUT2D eigenvalue weighted by Gasteiger charge is -2.09. The molecule has 1 aromatic carbocycles. The fourth-order valence-corrected chi connectivity index (χ4v) is 1.30. The average Bonchev–Trinajstić information content (AvgIpc) is 2.87. The van der Waals surface area contributed by atoms with Gasteiger partial charge in [-0.1, -0.05) is 23.2 Å². The molecule has 0 N–H and O–H groups in total. The summed E-state index contributed by atoms with van der Waals surface area (Å²) in [6, 6.07) is 5.21. The van der Waals surface area contributed by atoms with Crippen molar-refractivity contribution in [3.63, 3.8) is 0 Å². The van der Waals surface area contributed by atoms with Gasteiger partial charge in [0.1, 0.15) is 18.0 Å². The van der Waals surface area contributed by atoms with E-state index in [4.69, 9.17) is 32.7 Å². The van der Waals surface area contributed by atoms with Crippen molar-refractivity contribution in [3.05, 3.63) is 28.2 Å². The van der Waals surface area contributed by atoms with Gasteiger partial charge in [0.15, 0.2) is 0 Å². The van der Waals surface area contributed by atoms with Crippen molar-refractivity contribution in [2.24, 2.45) is 0 Å². The maximum absolute atomic E-state index is 5.84. The third kappa shape index (κ3) is 2.32. The van der Waals surface area contributed by atoms with Crippen molar-refractivity contribution in [2.45, 2.75) is 12.5 Å². The highest BCUT2D eigenvalue weighted by Gasteiger charge is 2.40. The molecule has 0 spiro atoms. The number of benzene rings is 1. The highest BCUT2D eigenvalue weighted by molar-refractivity contribution is 6.42. The van der Waals surface area contributed by atoms with E-state index < -0.39 is 0 Å². The average molecular weight is 233 g/mol. The van der Waals surface area contributed by atoms with Gasteiger partial charge in [0.2, 0.25) is 0 Å². The molecule has 1 aliphatic rings. The van der Waals surface area contributed by atoms with Gasteiger partial charge in [0.05, 0.1) is 16.7 Å². The standard InChI is InChI=1S/C10H10Cl2O2/c1-10(6-14-10)5-13-7-2-3-8(11)9(12)4-7/h2-4H,5-6H2,1H3. The Bertz CT molecular complexity index is 348. The van der Waals surface area contributed by atoms with E-state index in [1.807, 2.05) is 6.92 Å². The molecule has 1 saturated heterocycles. The molecule has 0 radical (unpaired) electrons. The Balaban J connectivity index is 1.99. The maximum atomic E-state index is 5.84. The van der Waals surface area contributed by atoms with Crippen LogP contribution in [0.1, 0.15) is 6.92 Å². The third-order valence-corrected chi connectivity index (χ3v) is 2.81. The Hall–Kier alpha value is -0.440. The summed E-state index contributed by atoms with van der Waals surface area (Å²) in [5, 5.41) is 1.04. The Labute approximate surface area is 92.7 Å². The van der Waals surface area contributed by atoms with Crippen LogP contribution >= 0.6 is 23.2 Å². The quantitative estimate of drug-likeness (QED) is 0.748. The summed E-state index contributed by atoms with van der Waals surface area (Å²) in [5.74, 6) is 0.719. The summed E-state index contributed by atoms with van der Waals surface area (Å²) in [5.41, 5.74) is -0.105. The van der Waals surface area contributed by atoms with Crippen LogP contribution in [0.3, 0.4) is 0 Å². The zero-order chi connectivity index (χ0) is 10.2. The van der Waals surface area contributed by atoms with E-state index in [-0.39, 0.29) is 5.60 Å². The molecule has 0 saturated carbocycles. The van der Waals surface area contributed by atoms with Gasteiger partial charge in [0, 0.05) is 6.07 Å². The zero-order valence-corrected chi connectivity index (χ0v) is 9.23. The molecule has 0 bridgehead atoms. The number of hydrogen-bond donors (Lipinski definition) is 0. The van der Waals surface area contributed by atoms with Crippen molar-refractivity contribution in [1.82, 2.24) is 0 Å². The lowest BCUT2D eigenvalue weighted by molar-refractivity contribution is 0.202. The highest BCUT2D eigenvalue weighted by Crippen LogP contribution is 2.29. The van der Waals surface area contributed by atoms with Crippen LogP contribution in [-0.2, 0) is 4.74 Å². The predicted molar refractivity (Wildman–Crippen MR) is 56.3 cm³/mol. The molecule has 76 valence electrons. The molecule has 0 aromatic heterocycles. The van der Waals surface area contributed by atoms with E-state index in [9.17, 15) is 0 Å². The van der Waals surface area contributed by atoms with E-state index in [0.717, 1.165) is 12.4 Å². The molecular weight excluding hydrogens is 223 g/mol. The molecular formula is C10H10Cl2O2. The molecule has 1 fully saturated rings. The molecule has 1 unspecified atom stereocenters. The van der Waals surface area contributed by atoms with Crippen LogP contribution in [0.2, 0.25) is 10.0 Å². The largest absolute Gasteiger partial charge is 0.490 e. The molecule has 0 aliphatic carbocycles. The second-order valence-electron chi connectivity index (χ2n) is 3.60. The third-order valence-electron chi connectivity index (χ3n) is 2.07. The van der Waals surface area contributed by atoms with Crippen molar-refractivity contribution >= 4 is 23.2 Å². The minimum atomic E-state index is -0.105. The normalized spacial score (nSPS) is 24.8. The van der Waals surface area contributed by atoms with Gasteiger partial charge in [-0.05, 0) is 19.1 Å². The first-order valence-corrected chi connectivity index (χ1v) is 5.06. The van der Waals surface area contributed by atoms with Crippen LogP contribution in [0.15, 0.2) is 18.2 Å². The van der Waals surface area contributed by atoms with Crippen molar-refractivity contribution in [1.29, 1.82) is 0 Å². The monoisotopic (exact) mass is 232 g/mol. The van der Waals surface area contributed by atoms with Gasteiger partial charge in [-0.25, -0.2) is 0 Å². The molecule has 14 heavy (non-hydrogen) atoms. The number of ether oxygens (including phenoxy) is 2. The molecule has 2 nitrogen and oxygen atoms in total. The number of hydrogen-bond acceptors (Lipinski definition) is 2. The van der Waals surface area contributed by atoms with E-state index in [0.29, 0.717) is 16.7 Å². The van der Waals surface area contributed by atoms with Gasteiger partial charge in [-0.3, -0.25) is 0 Å². The minimum Gasteiger partial charge on any atom is -0.490 e. The summed E-state index contributed by atoms with van der Waals surface area (Å²) >= 11 is 11.6. The Morgan fingerprint density at radius 2 is 2.14 bits per heavy atom. The van der Waals surface area contributed by atoms with E-state index in [1.54, 1.807) is 18.2 Å². The molecule has 1 atom stereocenters. The van der Waals surface area contributed by atoms with Crippen LogP contribution in [-0.4, -0.2) is 18.8 Å². The summed E-state index contributed by atoms with van der Waals surface area (Å²) < 4.78 is 10.7. The predicted octanol–water partition coefficient (Wildman–Crippen LogP) is 3.16. The lowest BCUT2D eigenvalue weighted by atomic mass is 10.2. The van der Waals surface area contributed by atoms with Gasteiger partial charge in [-0.15, -0.1) is 0 Å². The fraction of sp³-hybridized carbons (Fsp3) is 0.400. The minimum absolute atomic E-state index is 0.105. The van der Waals surface area contributed by atoms with Crippen LogP contribution in [0.5, 0.6) is 5.75 Å². The van der Waals surface area contributed by atoms with Gasteiger partial charge >= 0.3 is 0 Å². The van der Waals surface area contributed by atoms with Crippen LogP contribution in [0.25, 0.3) is 0 Å². The van der Waals surface area contributed by atoms with E-state index in [1.165, 1.54) is 0 Å². The number of rotatable bonds is 3. The molecule has 1 heterocycles. The molecule has 4 heteroatoms. The van der Waals surface area contributed by atoms with Gasteiger partial charge < -0.3 is 9.47 Å². The van der Waals surface area contributed by atoms with Crippen molar-refractivity contribution in [2.75, 3.05) is 13.2 Å². The first kappa shape index (κ1) is 10.1. The first-order valence-electron chi connectivity index (χ1n) is 4.31. The van der Waals surface area contributed by atoms with Gasteiger partial charge in [0.25, 0.3) is 0 Å². The van der Waals surface area contributed by atoms with E-state index >= 15 is 0 Å². The molecule has 2 rings (SSSR count). The highest BCUT2D eigenvalue weighted by atomic mass is 35.5. The molecule has 0 amide bonds. The first-order chi connectivity index (χ1) is 6.59. The Morgan fingerprint density at radius 3 is 2.71 bits per heavy atom. The van der Waals surface area contributed by atoms with Crippen LogP contribution < -0.4 is 4.74 Å². The maximum Gasteiger partial charge on any atom is 0.123 e. The Morgan fingerprint density at radius 1 is 1.43 bits per heavy atom. The van der Waals surface area contributed by atoms with Crippen molar-refractivity contribution < 1.29 is 9.47 Å². The SMILES string of the molecule is CC1(COc2ccc(Cl)c(Cl)c2)CO1. The van der Waals surface area contributed by atoms with Crippen LogP contribution in [0, 0.1) is 0 Å². The second kappa shape index (κ2) is 3.61. The number of epoxide rings is 1. The fourth-order valence-electron chi connectivity index (χ4n) is 1.01. The zero-order valence-electron chi connectivity index (χ0n) is 7.72. The summed E-state index contributed by atoms with van der Waals surface area (Å²) in [4.78, 5) is 0. The summed E-state index contributed by atoms with van der Waals surface area (Å²) in [7, 11) is 0. The molecule has 1 aliphatic heterocycles. The smallest absolute Gasteiger partial charge is 0.123 e. The summed E-state index contributed by atoms with van der Waals surface area (Å²) in [6.45, 7) is 3.31. The van der Waals surface area contributed by atoms with Crippen molar-refractivity contribution in [3.8, 4) is 5.75 Å². The summed E-state index contributed by atoms with van der Waals surface area (Å²) in [6.07, 6.45) is 0. The van der Waals surface area contributed by atoms with E-state index in [2.05, 4.69) is 0 Å². The second-order valence-corrected chi connectivity index (χ2v) is 4.42. The number of halogens is 2. The lowest BCUT2D eigenvalue weighted by Crippen LogP contribution is -2.16. The van der Waals surface area contributed by atoms with Crippen LogP contribution in [0.4, 0.5) is 0 Å². The molecule has 1 aromatic rings. The van der Waals surface area contributed by atoms with Gasteiger partial charge in [-0.2, -0.15) is 0 Å².